The fourth-order valence-corrected chi connectivity index (χ4v) is 5.16. The Hall–Kier alpha value is -4.61. The molecule has 2 aliphatic rings. The molecule has 0 radical (unpaired) electrons. The third kappa shape index (κ3) is 5.88. The average molecular weight is 567 g/mol. The van der Waals surface area contributed by atoms with E-state index in [1.807, 2.05) is 33.7 Å². The molecule has 0 saturated carbocycles. The molecule has 2 aromatic carbocycles. The molecule has 3 amide bonds. The lowest BCUT2D eigenvalue weighted by Gasteiger charge is -2.32. The standard InChI is InChI=1S/C31H34N8O3/c1-3-38-20-32-27-26(21-12-18-42-19-13-21)35-28(36-29(27)38)22-4-8-24(9-5-22)33-31(41)34-25-10-6-23(7-11-25)30(40)39-16-14-37(2)15-17-39/h4-12,20H,3,13-19H2,1-2H3,(H2,33,34,41). The lowest BCUT2D eigenvalue weighted by Crippen LogP contribution is -2.47. The summed E-state index contributed by atoms with van der Waals surface area (Å²) in [4.78, 5) is 43.9. The van der Waals surface area contributed by atoms with Crippen LogP contribution >= 0.6 is 0 Å². The van der Waals surface area contributed by atoms with Gasteiger partial charge in [-0.2, -0.15) is 0 Å². The second kappa shape index (κ2) is 12.1. The molecule has 0 atom stereocenters. The van der Waals surface area contributed by atoms with E-state index in [0.29, 0.717) is 36.0 Å². The minimum atomic E-state index is -0.376. The van der Waals surface area contributed by atoms with Gasteiger partial charge in [0.05, 0.1) is 25.2 Å². The number of imidazole rings is 1. The number of carbonyl (C=O) groups is 2. The van der Waals surface area contributed by atoms with Crippen LogP contribution in [0.2, 0.25) is 0 Å². The quantitative estimate of drug-likeness (QED) is 0.356. The first-order chi connectivity index (χ1) is 20.5. The van der Waals surface area contributed by atoms with Crippen molar-refractivity contribution < 1.29 is 14.3 Å². The van der Waals surface area contributed by atoms with Gasteiger partial charge in [0.25, 0.3) is 5.91 Å². The smallest absolute Gasteiger partial charge is 0.323 e. The fourth-order valence-electron chi connectivity index (χ4n) is 5.16. The van der Waals surface area contributed by atoms with E-state index in [1.54, 1.807) is 30.6 Å². The number of piperazine rings is 1. The van der Waals surface area contributed by atoms with Gasteiger partial charge in [-0.3, -0.25) is 4.79 Å². The number of fused-ring (bicyclic) bond motifs is 1. The summed E-state index contributed by atoms with van der Waals surface area (Å²) in [7, 11) is 2.06. The molecule has 0 aliphatic carbocycles. The Kier molecular flexibility index (Phi) is 7.93. The number of hydrogen-bond acceptors (Lipinski definition) is 7. The highest BCUT2D eigenvalue weighted by Crippen LogP contribution is 2.29. The molecule has 2 aromatic heterocycles. The minimum absolute atomic E-state index is 0.0121. The summed E-state index contributed by atoms with van der Waals surface area (Å²) >= 11 is 0. The number of urea groups is 1. The second-order valence-electron chi connectivity index (χ2n) is 10.5. The Bertz CT molecular complexity index is 1620. The molecule has 4 aromatic rings. The molecule has 1 saturated heterocycles. The summed E-state index contributed by atoms with van der Waals surface area (Å²) in [6.45, 7) is 7.20. The first kappa shape index (κ1) is 27.6. The van der Waals surface area contributed by atoms with Crippen LogP contribution < -0.4 is 10.6 Å². The van der Waals surface area contributed by atoms with Crippen molar-refractivity contribution in [3.8, 4) is 11.4 Å². The zero-order chi connectivity index (χ0) is 29.1. The second-order valence-corrected chi connectivity index (χ2v) is 10.5. The number of rotatable bonds is 6. The molecule has 4 heterocycles. The van der Waals surface area contributed by atoms with E-state index in [0.717, 1.165) is 67.1 Å². The SMILES string of the molecule is CCn1cnc2c(C3=CCOCC3)nc(-c3ccc(NC(=O)Nc4ccc(C(=O)N5CCN(C)CC5)cc4)cc3)nc21. The zero-order valence-electron chi connectivity index (χ0n) is 23.8. The Labute approximate surface area is 244 Å². The predicted octanol–water partition coefficient (Wildman–Crippen LogP) is 4.35. The van der Waals surface area contributed by atoms with Gasteiger partial charge >= 0.3 is 6.03 Å². The van der Waals surface area contributed by atoms with E-state index in [9.17, 15) is 9.59 Å². The number of amides is 3. The number of ether oxygens (including phenoxy) is 1. The summed E-state index contributed by atoms with van der Waals surface area (Å²) in [6.07, 6.45) is 4.64. The van der Waals surface area contributed by atoms with Crippen LogP contribution in [0, 0.1) is 0 Å². The first-order valence-corrected chi connectivity index (χ1v) is 14.2. The van der Waals surface area contributed by atoms with Crippen LogP contribution in [0.4, 0.5) is 16.2 Å². The monoisotopic (exact) mass is 566 g/mol. The number of aromatic nitrogens is 4. The highest BCUT2D eigenvalue weighted by Gasteiger charge is 2.21. The van der Waals surface area contributed by atoms with E-state index in [-0.39, 0.29) is 11.9 Å². The molecule has 0 spiro atoms. The van der Waals surface area contributed by atoms with Gasteiger partial charge in [-0.25, -0.2) is 19.7 Å². The van der Waals surface area contributed by atoms with E-state index in [4.69, 9.17) is 14.7 Å². The van der Waals surface area contributed by atoms with Crippen LogP contribution in [-0.2, 0) is 11.3 Å². The number of likely N-dealkylation sites (N-methyl/N-ethyl adjacent to an activating group) is 1. The van der Waals surface area contributed by atoms with Gasteiger partial charge in [-0.1, -0.05) is 6.08 Å². The van der Waals surface area contributed by atoms with Crippen LogP contribution in [0.25, 0.3) is 28.1 Å². The van der Waals surface area contributed by atoms with E-state index in [1.165, 1.54) is 0 Å². The largest absolute Gasteiger partial charge is 0.377 e. The van der Waals surface area contributed by atoms with Gasteiger partial charge in [0.1, 0.15) is 5.52 Å². The van der Waals surface area contributed by atoms with Crippen LogP contribution in [0.3, 0.4) is 0 Å². The summed E-state index contributed by atoms with van der Waals surface area (Å²) in [6, 6.07) is 14.0. The molecule has 2 N–H and O–H groups in total. The number of nitrogens with one attached hydrogen (secondary N) is 2. The summed E-state index contributed by atoms with van der Waals surface area (Å²) in [5.74, 6) is 0.611. The molecular weight excluding hydrogens is 532 g/mol. The number of benzene rings is 2. The Morgan fingerprint density at radius 1 is 0.929 bits per heavy atom. The number of aryl methyl sites for hydroxylation is 1. The van der Waals surface area contributed by atoms with Crippen LogP contribution in [0.15, 0.2) is 60.9 Å². The number of hydrogen-bond donors (Lipinski definition) is 2. The Morgan fingerprint density at radius 3 is 2.26 bits per heavy atom. The number of anilines is 2. The van der Waals surface area contributed by atoms with Crippen molar-refractivity contribution in [2.24, 2.45) is 0 Å². The van der Waals surface area contributed by atoms with Gasteiger partial charge in [-0.05, 0) is 74.5 Å². The minimum Gasteiger partial charge on any atom is -0.377 e. The Morgan fingerprint density at radius 2 is 1.62 bits per heavy atom. The highest BCUT2D eigenvalue weighted by molar-refractivity contribution is 6.00. The van der Waals surface area contributed by atoms with Crippen LogP contribution in [-0.4, -0.2) is 87.7 Å². The molecule has 0 unspecified atom stereocenters. The van der Waals surface area contributed by atoms with Crippen molar-refractivity contribution in [3.05, 3.63) is 72.2 Å². The zero-order valence-corrected chi connectivity index (χ0v) is 23.8. The molecular formula is C31H34N8O3. The molecule has 6 rings (SSSR count). The number of carbonyl (C=O) groups excluding carboxylic acids is 2. The topological polar surface area (TPSA) is 118 Å². The van der Waals surface area contributed by atoms with Crippen LogP contribution in [0.1, 0.15) is 29.4 Å². The maximum atomic E-state index is 12.8. The lowest BCUT2D eigenvalue weighted by atomic mass is 10.1. The van der Waals surface area contributed by atoms with E-state index < -0.39 is 0 Å². The third-order valence-corrected chi connectivity index (χ3v) is 7.65. The van der Waals surface area contributed by atoms with Crippen molar-refractivity contribution in [2.75, 3.05) is 57.1 Å². The van der Waals surface area contributed by atoms with Gasteiger partial charge in [0.15, 0.2) is 11.5 Å². The average Bonchev–Trinajstić information content (AvgIpc) is 3.45. The van der Waals surface area contributed by atoms with Crippen molar-refractivity contribution in [1.82, 2.24) is 29.3 Å². The molecule has 216 valence electrons. The van der Waals surface area contributed by atoms with Crippen molar-refractivity contribution in [3.63, 3.8) is 0 Å². The lowest BCUT2D eigenvalue weighted by molar-refractivity contribution is 0.0664. The van der Waals surface area contributed by atoms with Crippen molar-refractivity contribution >= 4 is 40.1 Å². The van der Waals surface area contributed by atoms with Crippen molar-refractivity contribution in [1.29, 1.82) is 0 Å². The van der Waals surface area contributed by atoms with Gasteiger partial charge in [0, 0.05) is 55.2 Å². The fraction of sp³-hybridized carbons (Fsp3) is 0.323. The number of nitrogens with zero attached hydrogens (tertiary/aromatic N) is 6. The predicted molar refractivity (Wildman–Crippen MR) is 162 cm³/mol. The van der Waals surface area contributed by atoms with Crippen molar-refractivity contribution in [2.45, 2.75) is 19.9 Å². The summed E-state index contributed by atoms with van der Waals surface area (Å²) in [5.41, 5.74) is 6.21. The van der Waals surface area contributed by atoms with Gasteiger partial charge in [0.2, 0.25) is 0 Å². The van der Waals surface area contributed by atoms with Gasteiger partial charge < -0.3 is 29.7 Å². The molecule has 0 bridgehead atoms. The molecule has 11 nitrogen and oxygen atoms in total. The normalized spacial score (nSPS) is 15.9. The summed E-state index contributed by atoms with van der Waals surface area (Å²) < 4.78 is 7.51. The molecule has 42 heavy (non-hydrogen) atoms. The maximum absolute atomic E-state index is 12.8. The van der Waals surface area contributed by atoms with Gasteiger partial charge in [-0.15, -0.1) is 0 Å². The van der Waals surface area contributed by atoms with Crippen LogP contribution in [0.5, 0.6) is 0 Å². The first-order valence-electron chi connectivity index (χ1n) is 14.2. The molecule has 1 fully saturated rings. The summed E-state index contributed by atoms with van der Waals surface area (Å²) in [5, 5.41) is 5.69. The molecule has 11 heteroatoms. The maximum Gasteiger partial charge on any atom is 0.323 e. The van der Waals surface area contributed by atoms with E-state index in [2.05, 4.69) is 40.6 Å². The highest BCUT2D eigenvalue weighted by atomic mass is 16.5. The molecule has 2 aliphatic heterocycles. The van der Waals surface area contributed by atoms with E-state index >= 15 is 0 Å². The Balaban J connectivity index is 1.13. The third-order valence-electron chi connectivity index (χ3n) is 7.65.